The molecule has 0 aliphatic heterocycles. The molecule has 1 rings (SSSR count). The van der Waals surface area contributed by atoms with Crippen molar-refractivity contribution in [3.05, 3.63) is 24.3 Å². The average molecular weight is 178 g/mol. The minimum Gasteiger partial charge on any atom is -0.495 e. The maximum Gasteiger partial charge on any atom is 0.266 e. The third-order valence-electron chi connectivity index (χ3n) is 1.50. The molecule has 1 aromatic carbocycles. The number of para-hydroxylation sites is 2. The molecule has 0 aromatic heterocycles. The number of ether oxygens (including phenoxy) is 1. The third kappa shape index (κ3) is 2.30. The summed E-state index contributed by atoms with van der Waals surface area (Å²) in [4.78, 5) is 10.8. The lowest BCUT2D eigenvalue weighted by atomic mass is 10.3. The van der Waals surface area contributed by atoms with Crippen LogP contribution >= 0.6 is 0 Å². The fourth-order valence-electron chi connectivity index (χ4n) is 0.917. The molecule has 0 saturated heterocycles. The number of methoxy groups -OCH3 is 1. The van der Waals surface area contributed by atoms with Crippen LogP contribution in [0.1, 0.15) is 0 Å². The van der Waals surface area contributed by atoms with Gasteiger partial charge in [-0.15, -0.1) is 0 Å². The van der Waals surface area contributed by atoms with Gasteiger partial charge in [0.25, 0.3) is 5.91 Å². The van der Waals surface area contributed by atoms with E-state index < -0.39 is 5.91 Å². The van der Waals surface area contributed by atoms with Gasteiger partial charge in [0, 0.05) is 0 Å². The second-order valence-corrected chi connectivity index (χ2v) is 2.33. The zero-order chi connectivity index (χ0) is 9.68. The molecule has 1 aromatic rings. The highest BCUT2D eigenvalue weighted by Crippen LogP contribution is 2.22. The Bertz CT molecular complexity index is 323. The molecule has 0 aliphatic carbocycles. The zero-order valence-corrected chi connectivity index (χ0v) is 7.20. The molecule has 0 unspecified atom stereocenters. The Balaban J connectivity index is 2.86. The van der Waals surface area contributed by atoms with Crippen molar-refractivity contribution in [3.8, 4) is 5.75 Å². The highest BCUT2D eigenvalue weighted by atomic mass is 16.5. The molecule has 68 valence electrons. The van der Waals surface area contributed by atoms with Gasteiger partial charge in [0.2, 0.25) is 0 Å². The molecule has 0 saturated carbocycles. The lowest BCUT2D eigenvalue weighted by molar-refractivity contribution is -0.110. The van der Waals surface area contributed by atoms with Crippen molar-refractivity contribution >= 4 is 17.8 Å². The van der Waals surface area contributed by atoms with Crippen molar-refractivity contribution in [1.29, 1.82) is 5.41 Å². The molecular formula is C9H10N2O2. The van der Waals surface area contributed by atoms with Gasteiger partial charge in [0.15, 0.2) is 0 Å². The topological polar surface area (TPSA) is 62.2 Å². The zero-order valence-electron chi connectivity index (χ0n) is 7.20. The third-order valence-corrected chi connectivity index (χ3v) is 1.50. The summed E-state index contributed by atoms with van der Waals surface area (Å²) in [5, 5.41) is 9.21. The quantitative estimate of drug-likeness (QED) is 0.685. The van der Waals surface area contributed by atoms with Gasteiger partial charge in [0.1, 0.15) is 5.75 Å². The Hall–Kier alpha value is -1.84. The van der Waals surface area contributed by atoms with Crippen LogP contribution in [-0.4, -0.2) is 19.2 Å². The monoisotopic (exact) mass is 178 g/mol. The number of nitrogens with one attached hydrogen (secondary N) is 2. The molecule has 4 heteroatoms. The van der Waals surface area contributed by atoms with Crippen LogP contribution in [0.15, 0.2) is 24.3 Å². The van der Waals surface area contributed by atoms with Crippen LogP contribution < -0.4 is 10.1 Å². The van der Waals surface area contributed by atoms with Gasteiger partial charge in [-0.05, 0) is 12.1 Å². The predicted octanol–water partition coefficient (Wildman–Crippen LogP) is 1.28. The van der Waals surface area contributed by atoms with Gasteiger partial charge in [0.05, 0.1) is 19.0 Å². The summed E-state index contributed by atoms with van der Waals surface area (Å²) in [6.07, 6.45) is 0.715. The van der Waals surface area contributed by atoms with E-state index in [4.69, 9.17) is 10.1 Å². The maximum absolute atomic E-state index is 10.8. The summed E-state index contributed by atoms with van der Waals surface area (Å²) in [5.74, 6) is 0.113. The van der Waals surface area contributed by atoms with Crippen LogP contribution in [0.2, 0.25) is 0 Å². The van der Waals surface area contributed by atoms with E-state index in [9.17, 15) is 4.79 Å². The van der Waals surface area contributed by atoms with Crippen LogP contribution in [0.25, 0.3) is 0 Å². The minimum absolute atomic E-state index is 0.468. The van der Waals surface area contributed by atoms with Crippen molar-refractivity contribution in [2.24, 2.45) is 0 Å². The number of anilines is 1. The Morgan fingerprint density at radius 2 is 2.23 bits per heavy atom. The van der Waals surface area contributed by atoms with Crippen molar-refractivity contribution in [3.63, 3.8) is 0 Å². The summed E-state index contributed by atoms with van der Waals surface area (Å²) in [7, 11) is 1.52. The molecule has 0 bridgehead atoms. The van der Waals surface area contributed by atoms with Gasteiger partial charge < -0.3 is 15.5 Å². The smallest absolute Gasteiger partial charge is 0.266 e. The van der Waals surface area contributed by atoms with Gasteiger partial charge in [-0.1, -0.05) is 12.1 Å². The average Bonchev–Trinajstić information content (AvgIpc) is 2.18. The molecule has 0 heterocycles. The van der Waals surface area contributed by atoms with E-state index in [1.54, 1.807) is 24.3 Å². The molecule has 0 aliphatic rings. The summed E-state index contributed by atoms with van der Waals surface area (Å²) in [6, 6.07) is 7.03. The molecule has 0 radical (unpaired) electrons. The van der Waals surface area contributed by atoms with Crippen LogP contribution in [0, 0.1) is 5.41 Å². The largest absolute Gasteiger partial charge is 0.495 e. The Labute approximate surface area is 76.0 Å². The fraction of sp³-hybridized carbons (Fsp3) is 0.111. The second-order valence-electron chi connectivity index (χ2n) is 2.33. The number of carbonyl (C=O) groups is 1. The molecular weight excluding hydrogens is 168 g/mol. The molecule has 1 amide bonds. The van der Waals surface area contributed by atoms with E-state index in [1.807, 2.05) is 0 Å². The number of carbonyl (C=O) groups excluding carboxylic acids is 1. The van der Waals surface area contributed by atoms with E-state index in [2.05, 4.69) is 5.32 Å². The normalized spacial score (nSPS) is 9.00. The van der Waals surface area contributed by atoms with Crippen LogP contribution in [0.5, 0.6) is 5.75 Å². The van der Waals surface area contributed by atoms with Crippen molar-refractivity contribution in [1.82, 2.24) is 0 Å². The first-order chi connectivity index (χ1) is 6.27. The van der Waals surface area contributed by atoms with Gasteiger partial charge in [-0.3, -0.25) is 4.79 Å². The van der Waals surface area contributed by atoms with Gasteiger partial charge >= 0.3 is 0 Å². The van der Waals surface area contributed by atoms with Gasteiger partial charge in [-0.2, -0.15) is 0 Å². The fourth-order valence-corrected chi connectivity index (χ4v) is 0.917. The SMILES string of the molecule is COc1ccccc1NC(=O)C=N. The Morgan fingerprint density at radius 3 is 2.85 bits per heavy atom. The molecule has 0 fully saturated rings. The van der Waals surface area contributed by atoms with Gasteiger partial charge in [-0.25, -0.2) is 0 Å². The van der Waals surface area contributed by atoms with E-state index in [0.29, 0.717) is 17.7 Å². The van der Waals surface area contributed by atoms with Crippen LogP contribution in [0.4, 0.5) is 5.69 Å². The van der Waals surface area contributed by atoms with Crippen LogP contribution in [-0.2, 0) is 4.79 Å². The summed E-state index contributed by atoms with van der Waals surface area (Å²) < 4.78 is 5.00. The van der Waals surface area contributed by atoms with Crippen molar-refractivity contribution < 1.29 is 9.53 Å². The lowest BCUT2D eigenvalue weighted by Crippen LogP contribution is -2.12. The summed E-state index contributed by atoms with van der Waals surface area (Å²) >= 11 is 0. The molecule has 13 heavy (non-hydrogen) atoms. The Morgan fingerprint density at radius 1 is 1.54 bits per heavy atom. The maximum atomic E-state index is 10.8. The van der Waals surface area contributed by atoms with Crippen molar-refractivity contribution in [2.75, 3.05) is 12.4 Å². The first-order valence-corrected chi connectivity index (χ1v) is 3.72. The van der Waals surface area contributed by atoms with E-state index in [1.165, 1.54) is 7.11 Å². The predicted molar refractivity (Wildman–Crippen MR) is 50.4 cm³/mol. The number of hydrogen-bond acceptors (Lipinski definition) is 3. The molecule has 0 atom stereocenters. The molecule has 0 spiro atoms. The van der Waals surface area contributed by atoms with Crippen LogP contribution in [0.3, 0.4) is 0 Å². The van der Waals surface area contributed by atoms with E-state index >= 15 is 0 Å². The molecule has 4 nitrogen and oxygen atoms in total. The van der Waals surface area contributed by atoms with E-state index in [0.717, 1.165) is 0 Å². The highest BCUT2D eigenvalue weighted by Gasteiger charge is 2.02. The minimum atomic E-state index is -0.468. The summed E-state index contributed by atoms with van der Waals surface area (Å²) in [5.41, 5.74) is 0.568. The second kappa shape index (κ2) is 4.25. The first kappa shape index (κ1) is 9.25. The molecule has 2 N–H and O–H groups in total. The highest BCUT2D eigenvalue weighted by molar-refractivity contribution is 6.30. The number of hydrogen-bond donors (Lipinski definition) is 2. The lowest BCUT2D eigenvalue weighted by Gasteiger charge is -2.07. The number of benzene rings is 1. The number of amides is 1. The van der Waals surface area contributed by atoms with Crippen molar-refractivity contribution in [2.45, 2.75) is 0 Å². The van der Waals surface area contributed by atoms with E-state index in [-0.39, 0.29) is 0 Å². The summed E-state index contributed by atoms with van der Waals surface area (Å²) in [6.45, 7) is 0. The number of rotatable bonds is 3. The standard InChI is InChI=1S/C9H10N2O2/c1-13-8-5-3-2-4-7(8)11-9(12)6-10/h2-6,10H,1H3,(H,11,12). The Kier molecular flexibility index (Phi) is 3.03. The first-order valence-electron chi connectivity index (χ1n) is 3.72.